The van der Waals surface area contributed by atoms with Crippen molar-refractivity contribution in [3.63, 3.8) is 0 Å². The topological polar surface area (TPSA) is 113 Å². The van der Waals surface area contributed by atoms with Gasteiger partial charge in [-0.15, -0.1) is 0 Å². The zero-order valence-electron chi connectivity index (χ0n) is 27.0. The Morgan fingerprint density at radius 2 is 1.04 bits per heavy atom. The van der Waals surface area contributed by atoms with Crippen LogP contribution in [0.4, 0.5) is 0 Å². The van der Waals surface area contributed by atoms with Crippen LogP contribution >= 0.6 is 31.9 Å². The smallest absolute Gasteiger partial charge is 0.358 e. The molecule has 0 fully saturated rings. The van der Waals surface area contributed by atoms with E-state index in [2.05, 4.69) is 41.8 Å². The Hall–Kier alpha value is -5.46. The van der Waals surface area contributed by atoms with Crippen LogP contribution in [-0.4, -0.2) is 55.7 Å². The van der Waals surface area contributed by atoms with Gasteiger partial charge in [-0.2, -0.15) is 0 Å². The van der Waals surface area contributed by atoms with E-state index in [9.17, 15) is 9.59 Å². The Bertz CT molecular complexity index is 2200. The van der Waals surface area contributed by atoms with Gasteiger partial charge in [0.15, 0.2) is 11.4 Å². The van der Waals surface area contributed by atoms with E-state index in [0.717, 1.165) is 54.0 Å². The summed E-state index contributed by atoms with van der Waals surface area (Å²) in [5.74, 6) is -1.13. The normalized spacial score (nSPS) is 13.0. The number of ether oxygens (including phenoxy) is 2. The summed E-state index contributed by atoms with van der Waals surface area (Å²) >= 11 is 7.17. The number of hydrogen-bond donors (Lipinski definition) is 0. The third-order valence-electron chi connectivity index (χ3n) is 8.69. The lowest BCUT2D eigenvalue weighted by Crippen LogP contribution is -2.14. The molecule has 4 heterocycles. The molecule has 0 saturated carbocycles. The molecule has 0 spiro atoms. The van der Waals surface area contributed by atoms with E-state index in [1.165, 1.54) is 0 Å². The zero-order valence-corrected chi connectivity index (χ0v) is 30.2. The SMILES string of the molecule is O=C(OCCCOC(=O)c1ncn2c1CN=C(c1ccccc1)c1cc(Br)ccc1-2)c1ncn2c1CN=C(c1ccccc1)c1cc(Br)ccc1-2. The summed E-state index contributed by atoms with van der Waals surface area (Å²) in [4.78, 5) is 45.1. The third kappa shape index (κ3) is 6.36. The first-order chi connectivity index (χ1) is 25.0. The summed E-state index contributed by atoms with van der Waals surface area (Å²) in [5.41, 5.74) is 8.83. The molecule has 51 heavy (non-hydrogen) atoms. The average molecular weight is 804 g/mol. The predicted octanol–water partition coefficient (Wildman–Crippen LogP) is 7.69. The molecule has 2 aromatic heterocycles. The number of fused-ring (bicyclic) bond motifs is 6. The second-order valence-corrected chi connectivity index (χ2v) is 13.7. The van der Waals surface area contributed by atoms with Crippen molar-refractivity contribution in [1.82, 2.24) is 19.1 Å². The fraction of sp³-hybridized carbons (Fsp3) is 0.128. The number of benzene rings is 4. The maximum Gasteiger partial charge on any atom is 0.358 e. The molecule has 0 saturated heterocycles. The lowest BCUT2D eigenvalue weighted by Gasteiger charge is -2.12. The van der Waals surface area contributed by atoms with Crippen LogP contribution < -0.4 is 0 Å². The molecule has 252 valence electrons. The minimum absolute atomic E-state index is 0.0365. The molecule has 0 bridgehead atoms. The molecule has 12 heteroatoms. The van der Waals surface area contributed by atoms with Crippen LogP contribution in [0.5, 0.6) is 0 Å². The van der Waals surface area contributed by atoms with Crippen LogP contribution in [0.3, 0.4) is 0 Å². The monoisotopic (exact) mass is 802 g/mol. The summed E-state index contributed by atoms with van der Waals surface area (Å²) in [5, 5.41) is 0. The molecule has 4 aromatic carbocycles. The highest BCUT2D eigenvalue weighted by Gasteiger charge is 2.27. The van der Waals surface area contributed by atoms with Gasteiger partial charge in [-0.05, 0) is 36.4 Å². The van der Waals surface area contributed by atoms with Gasteiger partial charge < -0.3 is 9.47 Å². The van der Waals surface area contributed by atoms with E-state index in [-0.39, 0.29) is 37.7 Å². The van der Waals surface area contributed by atoms with Gasteiger partial charge in [0, 0.05) is 37.6 Å². The molecule has 0 atom stereocenters. The quantitative estimate of drug-likeness (QED) is 0.115. The van der Waals surface area contributed by atoms with Gasteiger partial charge in [0.1, 0.15) is 12.7 Å². The summed E-state index contributed by atoms with van der Waals surface area (Å²) in [6.07, 6.45) is 3.55. The Morgan fingerprint density at radius 3 is 1.47 bits per heavy atom. The standard InChI is InChI=1S/C39H28Br2N6O4/c40-26-12-14-30-28(18-26)34(24-8-3-1-4-9-24)42-20-32-36(44-22-46(30)32)38(48)50-16-7-17-51-39(49)37-33-21-43-35(25-10-5-2-6-11-25)29-19-27(41)13-15-31(29)47(33)23-45-37/h1-6,8-15,18-19,22-23H,7,16-17,20-21H2. The minimum Gasteiger partial charge on any atom is -0.461 e. The van der Waals surface area contributed by atoms with Gasteiger partial charge in [-0.1, -0.05) is 92.5 Å². The van der Waals surface area contributed by atoms with E-state index >= 15 is 0 Å². The molecule has 10 nitrogen and oxygen atoms in total. The highest BCUT2D eigenvalue weighted by Crippen LogP contribution is 2.31. The highest BCUT2D eigenvalue weighted by atomic mass is 79.9. The Labute approximate surface area is 309 Å². The summed E-state index contributed by atoms with van der Waals surface area (Å²) in [7, 11) is 0. The summed E-state index contributed by atoms with van der Waals surface area (Å²) in [6.45, 7) is 0.557. The maximum absolute atomic E-state index is 13.2. The molecule has 0 amide bonds. The van der Waals surface area contributed by atoms with Crippen LogP contribution in [0.15, 0.2) is 129 Å². The molecule has 0 unspecified atom stereocenters. The number of carbonyl (C=O) groups excluding carboxylic acids is 2. The second kappa shape index (κ2) is 14.0. The molecule has 0 radical (unpaired) electrons. The van der Waals surface area contributed by atoms with Crippen molar-refractivity contribution in [2.45, 2.75) is 19.5 Å². The van der Waals surface area contributed by atoms with E-state index in [1.54, 1.807) is 12.7 Å². The highest BCUT2D eigenvalue weighted by molar-refractivity contribution is 9.10. The number of imidazole rings is 2. The van der Waals surface area contributed by atoms with Crippen molar-refractivity contribution in [2.75, 3.05) is 13.2 Å². The largest absolute Gasteiger partial charge is 0.461 e. The van der Waals surface area contributed by atoms with Gasteiger partial charge in [0.05, 0.1) is 60.5 Å². The van der Waals surface area contributed by atoms with E-state index in [1.807, 2.05) is 106 Å². The third-order valence-corrected chi connectivity index (χ3v) is 9.68. The molecule has 0 aliphatic carbocycles. The molecular weight excluding hydrogens is 776 g/mol. The number of aliphatic imine (C=N–C) groups is 2. The number of carbonyl (C=O) groups is 2. The van der Waals surface area contributed by atoms with Crippen LogP contribution in [0.1, 0.15) is 61.0 Å². The molecule has 2 aliphatic rings. The van der Waals surface area contributed by atoms with Crippen molar-refractivity contribution < 1.29 is 19.1 Å². The van der Waals surface area contributed by atoms with Crippen molar-refractivity contribution >= 4 is 55.2 Å². The summed E-state index contributed by atoms with van der Waals surface area (Å²) in [6, 6.07) is 31.8. The molecule has 2 aliphatic heterocycles. The summed E-state index contributed by atoms with van der Waals surface area (Å²) < 4.78 is 16.8. The fourth-order valence-electron chi connectivity index (χ4n) is 6.31. The lowest BCUT2D eigenvalue weighted by molar-refractivity contribution is 0.0388. The van der Waals surface area contributed by atoms with Crippen LogP contribution in [0.2, 0.25) is 0 Å². The van der Waals surface area contributed by atoms with Crippen LogP contribution in [0, 0.1) is 0 Å². The number of halogens is 2. The molecular formula is C39H28Br2N6O4. The number of nitrogens with zero attached hydrogens (tertiary/aromatic N) is 6. The van der Waals surface area contributed by atoms with Crippen molar-refractivity contribution in [3.05, 3.63) is 164 Å². The van der Waals surface area contributed by atoms with Crippen molar-refractivity contribution in [2.24, 2.45) is 9.98 Å². The number of hydrogen-bond acceptors (Lipinski definition) is 8. The zero-order chi connectivity index (χ0) is 34.9. The predicted molar refractivity (Wildman–Crippen MR) is 199 cm³/mol. The Kier molecular flexibility index (Phi) is 9.01. The van der Waals surface area contributed by atoms with Gasteiger partial charge in [-0.3, -0.25) is 19.1 Å². The van der Waals surface area contributed by atoms with Crippen LogP contribution in [0.25, 0.3) is 11.4 Å². The van der Waals surface area contributed by atoms with Gasteiger partial charge in [-0.25, -0.2) is 19.6 Å². The molecule has 6 aromatic rings. The fourth-order valence-corrected chi connectivity index (χ4v) is 7.03. The van der Waals surface area contributed by atoms with Gasteiger partial charge in [0.25, 0.3) is 0 Å². The minimum atomic E-state index is -0.566. The van der Waals surface area contributed by atoms with E-state index < -0.39 is 11.9 Å². The number of rotatable bonds is 8. The van der Waals surface area contributed by atoms with Gasteiger partial charge in [0.2, 0.25) is 0 Å². The Balaban J connectivity index is 0.933. The first kappa shape index (κ1) is 32.7. The van der Waals surface area contributed by atoms with Gasteiger partial charge >= 0.3 is 11.9 Å². The van der Waals surface area contributed by atoms with Crippen LogP contribution in [-0.2, 0) is 22.6 Å². The first-order valence-corrected chi connectivity index (χ1v) is 17.8. The van der Waals surface area contributed by atoms with E-state index in [0.29, 0.717) is 17.8 Å². The number of aromatic nitrogens is 4. The van der Waals surface area contributed by atoms with Crippen molar-refractivity contribution in [3.8, 4) is 11.4 Å². The average Bonchev–Trinajstić information content (AvgIpc) is 3.69. The number of esters is 2. The molecule has 8 rings (SSSR count). The molecule has 0 N–H and O–H groups in total. The van der Waals surface area contributed by atoms with Crippen molar-refractivity contribution in [1.29, 1.82) is 0 Å². The lowest BCUT2D eigenvalue weighted by atomic mass is 10.0. The Morgan fingerprint density at radius 1 is 0.608 bits per heavy atom. The maximum atomic E-state index is 13.2. The second-order valence-electron chi connectivity index (χ2n) is 11.8. The first-order valence-electron chi connectivity index (χ1n) is 16.2. The van der Waals surface area contributed by atoms with E-state index in [4.69, 9.17) is 19.5 Å².